The number of carboxylic acids is 1. The summed E-state index contributed by atoms with van der Waals surface area (Å²) in [6.45, 7) is 0.496. The maximum Gasteiger partial charge on any atom is 0.338 e. The number of carboxylic acid groups (broad SMARTS) is 1. The maximum absolute atomic E-state index is 11.8. The highest BCUT2D eigenvalue weighted by Crippen LogP contribution is 2.32. The third kappa shape index (κ3) is 2.37. The number of carbonyl (C=O) groups is 2. The smallest absolute Gasteiger partial charge is 0.338 e. The molecule has 1 unspecified atom stereocenters. The molecule has 1 atom stereocenters. The minimum absolute atomic E-state index is 0.0625. The van der Waals surface area contributed by atoms with Crippen LogP contribution < -0.4 is 4.90 Å². The lowest BCUT2D eigenvalue weighted by Crippen LogP contribution is -2.26. The molecule has 1 amide bonds. The fourth-order valence-corrected chi connectivity index (χ4v) is 2.94. The first-order valence-corrected chi connectivity index (χ1v) is 6.68. The van der Waals surface area contributed by atoms with E-state index < -0.39 is 5.97 Å². The molecule has 4 nitrogen and oxygen atoms in total. The third-order valence-corrected chi connectivity index (χ3v) is 3.85. The van der Waals surface area contributed by atoms with E-state index in [4.69, 9.17) is 0 Å². The highest BCUT2D eigenvalue weighted by Gasteiger charge is 2.31. The Labute approximate surface area is 115 Å². The summed E-state index contributed by atoms with van der Waals surface area (Å²) >= 11 is 6.57. The number of rotatable bonds is 2. The molecule has 17 heavy (non-hydrogen) atoms. The molecular formula is C11H9Br2NO3. The zero-order chi connectivity index (χ0) is 12.6. The predicted octanol–water partition coefficient (Wildman–Crippen LogP) is 2.65. The van der Waals surface area contributed by atoms with E-state index in [1.807, 2.05) is 0 Å². The molecule has 1 aromatic carbocycles. The lowest BCUT2D eigenvalue weighted by molar-refractivity contribution is -0.117. The summed E-state index contributed by atoms with van der Waals surface area (Å²) in [5, 5.41) is 9.18. The van der Waals surface area contributed by atoms with Crippen molar-refractivity contribution in [1.29, 1.82) is 0 Å². The standard InChI is InChI=1S/C11H9Br2NO3/c12-6-4-9(15)14(5-6)8-3-1-2-7(13)10(8)11(16)17/h1-3,6H,4-5H2,(H,16,17). The second kappa shape index (κ2) is 4.78. The van der Waals surface area contributed by atoms with Crippen molar-refractivity contribution >= 4 is 49.4 Å². The number of alkyl halides is 1. The molecular weight excluding hydrogens is 354 g/mol. The van der Waals surface area contributed by atoms with Gasteiger partial charge in [0, 0.05) is 22.3 Å². The Hall–Kier alpha value is -0.880. The molecule has 1 aliphatic rings. The van der Waals surface area contributed by atoms with Gasteiger partial charge in [0.25, 0.3) is 0 Å². The Bertz CT molecular complexity index is 490. The molecule has 0 bridgehead atoms. The summed E-state index contributed by atoms with van der Waals surface area (Å²) in [5.74, 6) is -1.11. The molecule has 1 N–H and O–H groups in total. The molecule has 1 heterocycles. The lowest BCUT2D eigenvalue weighted by atomic mass is 10.1. The first-order valence-electron chi connectivity index (χ1n) is 4.97. The lowest BCUT2D eigenvalue weighted by Gasteiger charge is -2.18. The van der Waals surface area contributed by atoms with Gasteiger partial charge in [-0.2, -0.15) is 0 Å². The number of hydrogen-bond acceptors (Lipinski definition) is 2. The van der Waals surface area contributed by atoms with Gasteiger partial charge in [0.2, 0.25) is 5.91 Å². The van der Waals surface area contributed by atoms with Gasteiger partial charge in [0.05, 0.1) is 11.3 Å². The van der Waals surface area contributed by atoms with Gasteiger partial charge in [0.15, 0.2) is 0 Å². The van der Waals surface area contributed by atoms with Gasteiger partial charge in [-0.05, 0) is 28.1 Å². The van der Waals surface area contributed by atoms with E-state index in [1.165, 1.54) is 4.90 Å². The van der Waals surface area contributed by atoms with Gasteiger partial charge < -0.3 is 10.0 Å². The number of benzene rings is 1. The molecule has 6 heteroatoms. The van der Waals surface area contributed by atoms with Crippen LogP contribution in [-0.2, 0) is 4.79 Å². The van der Waals surface area contributed by atoms with Crippen LogP contribution in [0, 0.1) is 0 Å². The highest BCUT2D eigenvalue weighted by molar-refractivity contribution is 9.10. The van der Waals surface area contributed by atoms with Crippen LogP contribution in [0.4, 0.5) is 5.69 Å². The molecule has 90 valence electrons. The molecule has 1 saturated heterocycles. The summed E-state index contributed by atoms with van der Waals surface area (Å²) in [4.78, 5) is 24.6. The van der Waals surface area contributed by atoms with Crippen LogP contribution in [-0.4, -0.2) is 28.4 Å². The van der Waals surface area contributed by atoms with Crippen molar-refractivity contribution in [3.63, 3.8) is 0 Å². The molecule has 1 aliphatic heterocycles. The first-order chi connectivity index (χ1) is 8.00. The molecule has 1 aromatic rings. The Morgan fingerprint density at radius 3 is 2.71 bits per heavy atom. The summed E-state index contributed by atoms with van der Waals surface area (Å²) in [5.41, 5.74) is 0.571. The number of amides is 1. The second-order valence-electron chi connectivity index (χ2n) is 3.74. The van der Waals surface area contributed by atoms with Crippen LogP contribution in [0.1, 0.15) is 16.8 Å². The van der Waals surface area contributed by atoms with Crippen LogP contribution in [0.25, 0.3) is 0 Å². The third-order valence-electron chi connectivity index (χ3n) is 2.57. The largest absolute Gasteiger partial charge is 0.478 e. The summed E-state index contributed by atoms with van der Waals surface area (Å²) in [6.07, 6.45) is 0.394. The van der Waals surface area contributed by atoms with Crippen molar-refractivity contribution in [1.82, 2.24) is 0 Å². The highest BCUT2D eigenvalue weighted by atomic mass is 79.9. The summed E-state index contributed by atoms with van der Waals surface area (Å²) < 4.78 is 0.480. The molecule has 0 aliphatic carbocycles. The van der Waals surface area contributed by atoms with E-state index in [1.54, 1.807) is 18.2 Å². The Balaban J connectivity index is 2.49. The first kappa shape index (κ1) is 12.6. The number of carbonyl (C=O) groups excluding carboxylic acids is 1. The SMILES string of the molecule is O=C(O)c1c(Br)cccc1N1CC(Br)CC1=O. The number of nitrogens with zero attached hydrogens (tertiary/aromatic N) is 1. The van der Waals surface area contributed by atoms with E-state index in [0.29, 0.717) is 23.1 Å². The van der Waals surface area contributed by atoms with Crippen LogP contribution in [0.2, 0.25) is 0 Å². The molecule has 0 aromatic heterocycles. The topological polar surface area (TPSA) is 57.6 Å². The molecule has 0 spiro atoms. The van der Waals surface area contributed by atoms with E-state index >= 15 is 0 Å². The van der Waals surface area contributed by atoms with Crippen LogP contribution in [0.3, 0.4) is 0 Å². The number of aromatic carboxylic acids is 1. The second-order valence-corrected chi connectivity index (χ2v) is 5.89. The van der Waals surface area contributed by atoms with Crippen molar-refractivity contribution in [2.75, 3.05) is 11.4 Å². The molecule has 2 rings (SSSR count). The van der Waals surface area contributed by atoms with E-state index in [9.17, 15) is 14.7 Å². The van der Waals surface area contributed by atoms with Crippen molar-refractivity contribution in [3.8, 4) is 0 Å². The number of anilines is 1. The average Bonchev–Trinajstić information content (AvgIpc) is 2.56. The van der Waals surface area contributed by atoms with Gasteiger partial charge in [-0.1, -0.05) is 22.0 Å². The fourth-order valence-electron chi connectivity index (χ4n) is 1.85. The zero-order valence-corrected chi connectivity index (χ0v) is 11.9. The van der Waals surface area contributed by atoms with Gasteiger partial charge in [-0.15, -0.1) is 0 Å². The molecule has 0 saturated carbocycles. The minimum atomic E-state index is -1.04. The Kier molecular flexibility index (Phi) is 3.53. The Morgan fingerprint density at radius 1 is 1.47 bits per heavy atom. The van der Waals surface area contributed by atoms with Crippen LogP contribution >= 0.6 is 31.9 Å². The van der Waals surface area contributed by atoms with Gasteiger partial charge in [-0.3, -0.25) is 4.79 Å². The number of hydrogen-bond donors (Lipinski definition) is 1. The number of halogens is 2. The monoisotopic (exact) mass is 361 g/mol. The molecule has 1 fully saturated rings. The maximum atomic E-state index is 11.8. The van der Waals surface area contributed by atoms with Crippen molar-refractivity contribution in [2.45, 2.75) is 11.2 Å². The fraction of sp³-hybridized carbons (Fsp3) is 0.273. The Morgan fingerprint density at radius 2 is 2.18 bits per heavy atom. The van der Waals surface area contributed by atoms with Crippen LogP contribution in [0.5, 0.6) is 0 Å². The average molecular weight is 363 g/mol. The van der Waals surface area contributed by atoms with Crippen molar-refractivity contribution in [2.24, 2.45) is 0 Å². The van der Waals surface area contributed by atoms with E-state index in [0.717, 1.165) is 0 Å². The van der Waals surface area contributed by atoms with E-state index in [-0.39, 0.29) is 16.3 Å². The molecule has 0 radical (unpaired) electrons. The quantitative estimate of drug-likeness (QED) is 0.823. The van der Waals surface area contributed by atoms with Crippen molar-refractivity contribution in [3.05, 3.63) is 28.2 Å². The van der Waals surface area contributed by atoms with E-state index in [2.05, 4.69) is 31.9 Å². The van der Waals surface area contributed by atoms with Crippen LogP contribution in [0.15, 0.2) is 22.7 Å². The van der Waals surface area contributed by atoms with Crippen molar-refractivity contribution < 1.29 is 14.7 Å². The summed E-state index contributed by atoms with van der Waals surface area (Å²) in [6, 6.07) is 5.02. The van der Waals surface area contributed by atoms with Gasteiger partial charge in [-0.25, -0.2) is 4.79 Å². The minimum Gasteiger partial charge on any atom is -0.478 e. The van der Waals surface area contributed by atoms with Gasteiger partial charge >= 0.3 is 5.97 Å². The normalized spacial score (nSPS) is 19.8. The predicted molar refractivity (Wildman–Crippen MR) is 70.8 cm³/mol. The van der Waals surface area contributed by atoms with Gasteiger partial charge in [0.1, 0.15) is 0 Å². The zero-order valence-electron chi connectivity index (χ0n) is 8.69. The summed E-state index contributed by atoms with van der Waals surface area (Å²) in [7, 11) is 0.